The zero-order valence-electron chi connectivity index (χ0n) is 7.71. The summed E-state index contributed by atoms with van der Waals surface area (Å²) in [6.45, 7) is 4.38. The second kappa shape index (κ2) is 3.60. The van der Waals surface area contributed by atoms with Gasteiger partial charge in [0.1, 0.15) is 0 Å². The van der Waals surface area contributed by atoms with Gasteiger partial charge >= 0.3 is 0 Å². The van der Waals surface area contributed by atoms with E-state index in [1.54, 1.807) is 0 Å². The van der Waals surface area contributed by atoms with E-state index in [-0.39, 0.29) is 0 Å². The standard InChI is InChI=1S/C10H14N2S/c1-7-2-3-8(11)4-10(7)13-9-5-12-6-9/h2-4,9,12H,5-6,11H2,1H3. The second-order valence-corrected chi connectivity index (χ2v) is 4.77. The van der Waals surface area contributed by atoms with Crippen LogP contribution in [0.5, 0.6) is 0 Å². The van der Waals surface area contributed by atoms with Gasteiger partial charge in [-0.2, -0.15) is 0 Å². The fourth-order valence-electron chi connectivity index (χ4n) is 1.27. The molecular formula is C10H14N2S. The van der Waals surface area contributed by atoms with Crippen molar-refractivity contribution in [2.75, 3.05) is 18.8 Å². The number of benzene rings is 1. The van der Waals surface area contributed by atoms with Gasteiger partial charge in [-0.15, -0.1) is 11.8 Å². The average Bonchev–Trinajstić information content (AvgIpc) is 2.03. The molecule has 0 aromatic heterocycles. The highest BCUT2D eigenvalue weighted by Crippen LogP contribution is 2.29. The van der Waals surface area contributed by atoms with E-state index in [0.29, 0.717) is 0 Å². The lowest BCUT2D eigenvalue weighted by Crippen LogP contribution is -2.44. The zero-order chi connectivity index (χ0) is 9.26. The maximum absolute atomic E-state index is 5.73. The van der Waals surface area contributed by atoms with Gasteiger partial charge in [-0.25, -0.2) is 0 Å². The molecule has 1 aliphatic heterocycles. The summed E-state index contributed by atoms with van der Waals surface area (Å²) in [5.41, 5.74) is 7.92. The van der Waals surface area contributed by atoms with E-state index in [1.165, 1.54) is 10.5 Å². The number of rotatable bonds is 2. The van der Waals surface area contributed by atoms with E-state index in [4.69, 9.17) is 5.73 Å². The second-order valence-electron chi connectivity index (χ2n) is 3.42. The molecule has 13 heavy (non-hydrogen) atoms. The van der Waals surface area contributed by atoms with Crippen LogP contribution in [0.1, 0.15) is 5.56 Å². The Hall–Kier alpha value is -0.670. The molecule has 0 radical (unpaired) electrons. The van der Waals surface area contributed by atoms with Crippen LogP contribution in [0.2, 0.25) is 0 Å². The minimum Gasteiger partial charge on any atom is -0.399 e. The van der Waals surface area contributed by atoms with Crippen molar-refractivity contribution in [1.29, 1.82) is 0 Å². The van der Waals surface area contributed by atoms with Crippen LogP contribution < -0.4 is 11.1 Å². The topological polar surface area (TPSA) is 38.0 Å². The summed E-state index contributed by atoms with van der Waals surface area (Å²) < 4.78 is 0. The van der Waals surface area contributed by atoms with Crippen molar-refractivity contribution in [3.05, 3.63) is 23.8 Å². The Morgan fingerprint density at radius 1 is 1.46 bits per heavy atom. The Bertz CT molecular complexity index is 308. The monoisotopic (exact) mass is 194 g/mol. The largest absolute Gasteiger partial charge is 0.399 e. The van der Waals surface area contributed by atoms with E-state index >= 15 is 0 Å². The highest BCUT2D eigenvalue weighted by molar-refractivity contribution is 8.00. The number of anilines is 1. The molecule has 2 rings (SSSR count). The Morgan fingerprint density at radius 3 is 2.85 bits per heavy atom. The number of nitrogens with one attached hydrogen (secondary N) is 1. The third-order valence-corrected chi connectivity index (χ3v) is 3.61. The summed E-state index contributed by atoms with van der Waals surface area (Å²) in [7, 11) is 0. The first-order valence-electron chi connectivity index (χ1n) is 4.49. The van der Waals surface area contributed by atoms with E-state index in [9.17, 15) is 0 Å². The minimum absolute atomic E-state index is 0.737. The highest BCUT2D eigenvalue weighted by Gasteiger charge is 2.18. The number of hydrogen-bond donors (Lipinski definition) is 2. The van der Waals surface area contributed by atoms with E-state index in [1.807, 2.05) is 17.8 Å². The lowest BCUT2D eigenvalue weighted by Gasteiger charge is -2.26. The van der Waals surface area contributed by atoms with Crippen LogP contribution in [-0.2, 0) is 0 Å². The molecule has 0 spiro atoms. The molecule has 0 unspecified atom stereocenters. The third-order valence-electron chi connectivity index (χ3n) is 2.25. The van der Waals surface area contributed by atoms with Gasteiger partial charge in [0.25, 0.3) is 0 Å². The number of nitrogen functional groups attached to an aromatic ring is 1. The number of nitrogens with two attached hydrogens (primary N) is 1. The predicted octanol–water partition coefficient (Wildman–Crippen LogP) is 1.64. The van der Waals surface area contributed by atoms with Crippen molar-refractivity contribution in [2.45, 2.75) is 17.1 Å². The molecule has 3 heteroatoms. The van der Waals surface area contributed by atoms with Crippen molar-refractivity contribution in [2.24, 2.45) is 0 Å². The molecule has 70 valence electrons. The molecule has 0 atom stereocenters. The van der Waals surface area contributed by atoms with Gasteiger partial charge in [-0.3, -0.25) is 0 Å². The normalized spacial score (nSPS) is 17.0. The van der Waals surface area contributed by atoms with Gasteiger partial charge in [0.05, 0.1) is 0 Å². The Labute approximate surface area is 82.9 Å². The molecule has 1 heterocycles. The summed E-state index contributed by atoms with van der Waals surface area (Å²) in [5.74, 6) is 0. The molecule has 1 fully saturated rings. The predicted molar refractivity (Wildman–Crippen MR) is 58.1 cm³/mol. The number of hydrogen-bond acceptors (Lipinski definition) is 3. The molecule has 1 aromatic carbocycles. The number of thioether (sulfide) groups is 1. The minimum atomic E-state index is 0.737. The van der Waals surface area contributed by atoms with Crippen LogP contribution >= 0.6 is 11.8 Å². The zero-order valence-corrected chi connectivity index (χ0v) is 8.53. The molecule has 0 bridgehead atoms. The lowest BCUT2D eigenvalue weighted by atomic mass is 10.2. The van der Waals surface area contributed by atoms with Crippen LogP contribution in [0.25, 0.3) is 0 Å². The van der Waals surface area contributed by atoms with Crippen LogP contribution in [0.4, 0.5) is 5.69 Å². The van der Waals surface area contributed by atoms with Crippen molar-refractivity contribution in [3.8, 4) is 0 Å². The van der Waals surface area contributed by atoms with Crippen molar-refractivity contribution >= 4 is 17.4 Å². The molecule has 0 saturated carbocycles. The first-order chi connectivity index (χ1) is 6.25. The molecule has 3 N–H and O–H groups in total. The maximum Gasteiger partial charge on any atom is 0.0344 e. The third kappa shape index (κ3) is 1.98. The van der Waals surface area contributed by atoms with E-state index < -0.39 is 0 Å². The van der Waals surface area contributed by atoms with Gasteiger partial charge in [0.15, 0.2) is 0 Å². The summed E-state index contributed by atoms with van der Waals surface area (Å²) in [4.78, 5) is 1.33. The SMILES string of the molecule is Cc1ccc(N)cc1SC1CNC1. The van der Waals surface area contributed by atoms with Crippen molar-refractivity contribution < 1.29 is 0 Å². The highest BCUT2D eigenvalue weighted by atomic mass is 32.2. The van der Waals surface area contributed by atoms with Crippen LogP contribution in [0.15, 0.2) is 23.1 Å². The van der Waals surface area contributed by atoms with E-state index in [2.05, 4.69) is 24.4 Å². The van der Waals surface area contributed by atoms with Crippen LogP contribution in [0, 0.1) is 6.92 Å². The van der Waals surface area contributed by atoms with Crippen LogP contribution in [0.3, 0.4) is 0 Å². The summed E-state index contributed by atoms with van der Waals surface area (Å²) in [6.07, 6.45) is 0. The van der Waals surface area contributed by atoms with Gasteiger partial charge in [-0.05, 0) is 24.6 Å². The summed E-state index contributed by atoms with van der Waals surface area (Å²) >= 11 is 1.93. The van der Waals surface area contributed by atoms with Crippen LogP contribution in [-0.4, -0.2) is 18.3 Å². The molecule has 2 nitrogen and oxygen atoms in total. The lowest BCUT2D eigenvalue weighted by molar-refractivity contribution is 0.543. The first kappa shape index (κ1) is 8.91. The molecule has 1 aliphatic rings. The molecular weight excluding hydrogens is 180 g/mol. The first-order valence-corrected chi connectivity index (χ1v) is 5.37. The summed E-state index contributed by atoms with van der Waals surface area (Å²) in [5, 5.41) is 4.00. The number of aryl methyl sites for hydroxylation is 1. The van der Waals surface area contributed by atoms with E-state index in [0.717, 1.165) is 24.0 Å². The maximum atomic E-state index is 5.73. The fraction of sp³-hybridized carbons (Fsp3) is 0.400. The molecule has 0 amide bonds. The smallest absolute Gasteiger partial charge is 0.0344 e. The van der Waals surface area contributed by atoms with Gasteiger partial charge in [0.2, 0.25) is 0 Å². The molecule has 1 saturated heterocycles. The Balaban J connectivity index is 2.13. The van der Waals surface area contributed by atoms with Gasteiger partial charge in [-0.1, -0.05) is 6.07 Å². The molecule has 0 aliphatic carbocycles. The van der Waals surface area contributed by atoms with Crippen molar-refractivity contribution in [3.63, 3.8) is 0 Å². The fourth-order valence-corrected chi connectivity index (χ4v) is 2.49. The van der Waals surface area contributed by atoms with Gasteiger partial charge in [0, 0.05) is 28.9 Å². The molecule has 1 aromatic rings. The van der Waals surface area contributed by atoms with Crippen molar-refractivity contribution in [1.82, 2.24) is 5.32 Å². The quantitative estimate of drug-likeness (QED) is 0.703. The average molecular weight is 194 g/mol. The Morgan fingerprint density at radius 2 is 2.23 bits per heavy atom. The van der Waals surface area contributed by atoms with Gasteiger partial charge < -0.3 is 11.1 Å². The Kier molecular flexibility index (Phi) is 2.47. The summed E-state index contributed by atoms with van der Waals surface area (Å²) in [6, 6.07) is 6.11.